The summed E-state index contributed by atoms with van der Waals surface area (Å²) in [4.78, 5) is 0.181. The molecule has 104 valence electrons. The molecule has 0 radical (unpaired) electrons. The van der Waals surface area contributed by atoms with Crippen LogP contribution in [0.5, 0.6) is 5.75 Å². The van der Waals surface area contributed by atoms with Gasteiger partial charge in [0.15, 0.2) is 0 Å². The first-order valence-corrected chi connectivity index (χ1v) is 7.99. The number of nitrogens with one attached hydrogen (secondary N) is 1. The molecule has 0 aliphatic heterocycles. The zero-order valence-electron chi connectivity index (χ0n) is 10.5. The van der Waals surface area contributed by atoms with E-state index in [9.17, 15) is 8.42 Å². The van der Waals surface area contributed by atoms with Gasteiger partial charge in [0.25, 0.3) is 0 Å². The number of halogens is 1. The number of rotatable bonds is 7. The van der Waals surface area contributed by atoms with Crippen LogP contribution < -0.4 is 9.46 Å². The number of ether oxygens (including phenoxy) is 1. The zero-order valence-corrected chi connectivity index (χ0v) is 12.9. The maximum Gasteiger partial charge on any atom is 0.240 e. The van der Waals surface area contributed by atoms with Gasteiger partial charge in [-0.2, -0.15) is 5.26 Å². The van der Waals surface area contributed by atoms with Crippen LogP contribution in [0.15, 0.2) is 27.6 Å². The maximum absolute atomic E-state index is 12.0. The molecule has 19 heavy (non-hydrogen) atoms. The largest absolute Gasteiger partial charge is 0.496 e. The van der Waals surface area contributed by atoms with E-state index >= 15 is 0 Å². The Balaban J connectivity index is 2.67. The van der Waals surface area contributed by atoms with Crippen molar-refractivity contribution in [3.05, 3.63) is 22.7 Å². The lowest BCUT2D eigenvalue weighted by Crippen LogP contribution is -2.24. The van der Waals surface area contributed by atoms with E-state index in [1.807, 2.05) is 6.07 Å². The molecule has 7 heteroatoms. The van der Waals surface area contributed by atoms with Gasteiger partial charge in [-0.3, -0.25) is 0 Å². The third kappa shape index (κ3) is 4.82. The van der Waals surface area contributed by atoms with Gasteiger partial charge >= 0.3 is 0 Å². The molecule has 0 aromatic heterocycles. The standard InChI is InChI=1S/C12H15BrN2O3S/c1-18-12-6-5-10(9-11(12)13)19(16,17)15-8-4-2-3-7-14/h5-6,9,15H,2-4,8H2,1H3. The van der Waals surface area contributed by atoms with Gasteiger partial charge in [-0.05, 0) is 47.0 Å². The van der Waals surface area contributed by atoms with Crippen molar-refractivity contribution >= 4 is 26.0 Å². The highest BCUT2D eigenvalue weighted by Gasteiger charge is 2.15. The number of sulfonamides is 1. The molecule has 0 aliphatic rings. The highest BCUT2D eigenvalue weighted by Crippen LogP contribution is 2.27. The van der Waals surface area contributed by atoms with E-state index in [0.717, 1.165) is 0 Å². The summed E-state index contributed by atoms with van der Waals surface area (Å²) in [5.41, 5.74) is 0. The molecule has 0 atom stereocenters. The molecule has 0 heterocycles. The minimum absolute atomic E-state index is 0.181. The summed E-state index contributed by atoms with van der Waals surface area (Å²) in [6.45, 7) is 0.327. The fourth-order valence-electron chi connectivity index (χ4n) is 1.43. The van der Waals surface area contributed by atoms with Crippen LogP contribution in [-0.2, 0) is 10.0 Å². The minimum Gasteiger partial charge on any atom is -0.496 e. The van der Waals surface area contributed by atoms with Gasteiger partial charge in [-0.25, -0.2) is 13.1 Å². The number of hydrogen-bond acceptors (Lipinski definition) is 4. The summed E-state index contributed by atoms with van der Waals surface area (Å²) < 4.78 is 32.1. The van der Waals surface area contributed by atoms with Gasteiger partial charge in [0.1, 0.15) is 5.75 Å². The number of hydrogen-bond donors (Lipinski definition) is 1. The van der Waals surface area contributed by atoms with Crippen molar-refractivity contribution in [2.45, 2.75) is 24.2 Å². The molecule has 1 N–H and O–H groups in total. The van der Waals surface area contributed by atoms with Gasteiger partial charge in [-0.1, -0.05) is 0 Å². The molecule has 1 aromatic rings. The molecule has 0 fully saturated rings. The molecular formula is C12H15BrN2O3S. The highest BCUT2D eigenvalue weighted by molar-refractivity contribution is 9.10. The Bertz CT molecular complexity index is 567. The minimum atomic E-state index is -3.51. The molecule has 0 spiro atoms. The molecule has 1 aromatic carbocycles. The molecule has 0 unspecified atom stereocenters. The Hall–Kier alpha value is -1.10. The van der Waals surface area contributed by atoms with Gasteiger partial charge in [0.05, 0.1) is 22.5 Å². The quantitative estimate of drug-likeness (QED) is 0.769. The average Bonchev–Trinajstić information content (AvgIpc) is 2.38. The molecule has 0 bridgehead atoms. The second kappa shape index (κ2) is 7.48. The van der Waals surface area contributed by atoms with Crippen molar-refractivity contribution in [2.24, 2.45) is 0 Å². The monoisotopic (exact) mass is 346 g/mol. The van der Waals surface area contributed by atoms with Crippen LogP contribution in [0.4, 0.5) is 0 Å². The number of nitriles is 1. The smallest absolute Gasteiger partial charge is 0.240 e. The Morgan fingerprint density at radius 1 is 1.42 bits per heavy atom. The van der Waals surface area contributed by atoms with Gasteiger partial charge in [0, 0.05) is 13.0 Å². The summed E-state index contributed by atoms with van der Waals surface area (Å²) in [6, 6.07) is 6.60. The van der Waals surface area contributed by atoms with Crippen LogP contribution in [0.3, 0.4) is 0 Å². The lowest BCUT2D eigenvalue weighted by molar-refractivity contribution is 0.411. The predicted molar refractivity (Wildman–Crippen MR) is 75.3 cm³/mol. The third-order valence-corrected chi connectivity index (χ3v) is 4.52. The summed E-state index contributed by atoms with van der Waals surface area (Å²) >= 11 is 3.25. The summed E-state index contributed by atoms with van der Waals surface area (Å²) in [6.07, 6.45) is 1.77. The molecule has 0 amide bonds. The number of nitrogens with zero attached hydrogens (tertiary/aromatic N) is 1. The number of unbranched alkanes of at least 4 members (excludes halogenated alkanes) is 2. The van der Waals surface area contributed by atoms with E-state index in [2.05, 4.69) is 20.7 Å². The molecular weight excluding hydrogens is 332 g/mol. The Labute approximate surface area is 121 Å². The second-order valence-electron chi connectivity index (χ2n) is 3.81. The van der Waals surface area contributed by atoms with Crippen LogP contribution in [0.1, 0.15) is 19.3 Å². The SMILES string of the molecule is COc1ccc(S(=O)(=O)NCCCCC#N)cc1Br. The summed E-state index contributed by atoms with van der Waals surface area (Å²) in [7, 11) is -2.00. The van der Waals surface area contributed by atoms with Gasteiger partial charge in [0.2, 0.25) is 10.0 Å². The lowest BCUT2D eigenvalue weighted by Gasteiger charge is -2.08. The predicted octanol–water partition coefficient (Wildman–Crippen LogP) is 2.43. The van der Waals surface area contributed by atoms with E-state index in [1.165, 1.54) is 19.2 Å². The fraction of sp³-hybridized carbons (Fsp3) is 0.417. The maximum atomic E-state index is 12.0. The van der Waals surface area contributed by atoms with Crippen LogP contribution in [0, 0.1) is 11.3 Å². The normalized spacial score (nSPS) is 11.0. The second-order valence-corrected chi connectivity index (χ2v) is 6.43. The summed E-state index contributed by atoms with van der Waals surface area (Å²) in [5.74, 6) is 0.577. The molecule has 1 rings (SSSR count). The molecule has 0 aliphatic carbocycles. The molecule has 0 saturated heterocycles. The van der Waals surface area contributed by atoms with Crippen molar-refractivity contribution in [3.63, 3.8) is 0 Å². The fourth-order valence-corrected chi connectivity index (χ4v) is 3.23. The Morgan fingerprint density at radius 2 is 2.16 bits per heavy atom. The number of methoxy groups -OCH3 is 1. The number of benzene rings is 1. The van der Waals surface area contributed by atoms with Crippen LogP contribution >= 0.6 is 15.9 Å². The van der Waals surface area contributed by atoms with Crippen molar-refractivity contribution < 1.29 is 13.2 Å². The van der Waals surface area contributed by atoms with Crippen molar-refractivity contribution in [3.8, 4) is 11.8 Å². The van der Waals surface area contributed by atoms with Crippen molar-refractivity contribution in [1.82, 2.24) is 4.72 Å². The highest BCUT2D eigenvalue weighted by atomic mass is 79.9. The first-order chi connectivity index (χ1) is 9.01. The summed E-state index contributed by atoms with van der Waals surface area (Å²) in [5, 5.41) is 8.38. The van der Waals surface area contributed by atoms with Crippen molar-refractivity contribution in [2.75, 3.05) is 13.7 Å². The zero-order chi connectivity index (χ0) is 14.3. The van der Waals surface area contributed by atoms with E-state index < -0.39 is 10.0 Å². The van der Waals surface area contributed by atoms with Crippen LogP contribution in [-0.4, -0.2) is 22.1 Å². The molecule has 5 nitrogen and oxygen atoms in total. The van der Waals surface area contributed by atoms with E-state index in [1.54, 1.807) is 6.07 Å². The lowest BCUT2D eigenvalue weighted by atomic mass is 10.2. The molecule has 0 saturated carbocycles. The van der Waals surface area contributed by atoms with E-state index in [4.69, 9.17) is 10.00 Å². The van der Waals surface area contributed by atoms with Crippen LogP contribution in [0.2, 0.25) is 0 Å². The van der Waals surface area contributed by atoms with E-state index in [-0.39, 0.29) is 4.90 Å². The Morgan fingerprint density at radius 3 is 2.74 bits per heavy atom. The first-order valence-electron chi connectivity index (χ1n) is 5.71. The van der Waals surface area contributed by atoms with Gasteiger partial charge in [-0.15, -0.1) is 0 Å². The third-order valence-electron chi connectivity index (χ3n) is 2.44. The Kier molecular flexibility index (Phi) is 6.28. The topological polar surface area (TPSA) is 79.2 Å². The average molecular weight is 347 g/mol. The van der Waals surface area contributed by atoms with Gasteiger partial charge < -0.3 is 4.74 Å². The van der Waals surface area contributed by atoms with Crippen molar-refractivity contribution in [1.29, 1.82) is 5.26 Å². The van der Waals surface area contributed by atoms with Crippen LogP contribution in [0.25, 0.3) is 0 Å². The first kappa shape index (κ1) is 16.0. The van der Waals surface area contributed by atoms with E-state index in [0.29, 0.717) is 36.0 Å².